The molecule has 0 heterocycles. The third-order valence-electron chi connectivity index (χ3n) is 1.91. The molecule has 1 heteroatoms. The van der Waals surface area contributed by atoms with E-state index >= 15 is 0 Å². The topological polar surface area (TPSA) is 9.23 Å². The van der Waals surface area contributed by atoms with Gasteiger partial charge < -0.3 is 4.74 Å². The van der Waals surface area contributed by atoms with Crippen LogP contribution >= 0.6 is 0 Å². The van der Waals surface area contributed by atoms with E-state index in [0.717, 1.165) is 6.42 Å². The summed E-state index contributed by atoms with van der Waals surface area (Å²) in [5, 5.41) is 0. The van der Waals surface area contributed by atoms with Gasteiger partial charge in [0.2, 0.25) is 0 Å². The van der Waals surface area contributed by atoms with Gasteiger partial charge in [0.05, 0.1) is 6.10 Å². The molecule has 0 aliphatic rings. The van der Waals surface area contributed by atoms with Crippen LogP contribution in [0.1, 0.15) is 39.0 Å². The number of hydrogen-bond acceptors (Lipinski definition) is 1. The first kappa shape index (κ1) is 10.7. The van der Waals surface area contributed by atoms with Gasteiger partial charge >= 0.3 is 0 Å². The quantitative estimate of drug-likeness (QED) is 0.406. The summed E-state index contributed by atoms with van der Waals surface area (Å²) in [5.74, 6) is 0. The Balaban J connectivity index is 3.14. The van der Waals surface area contributed by atoms with E-state index < -0.39 is 0 Å². The van der Waals surface area contributed by atoms with E-state index in [-0.39, 0.29) is 6.10 Å². The molecule has 0 bridgehead atoms. The van der Waals surface area contributed by atoms with Crippen LogP contribution in [-0.2, 0) is 4.74 Å². The molecule has 0 aromatic heterocycles. The summed E-state index contributed by atoms with van der Waals surface area (Å²) < 4.78 is 5.16. The predicted octanol–water partition coefficient (Wildman–Crippen LogP) is 3.16. The molecule has 0 aromatic carbocycles. The van der Waals surface area contributed by atoms with E-state index in [0.29, 0.717) is 0 Å². The van der Waals surface area contributed by atoms with Crippen molar-refractivity contribution in [3.63, 3.8) is 0 Å². The van der Waals surface area contributed by atoms with Crippen molar-refractivity contribution in [2.75, 3.05) is 7.11 Å². The molecule has 0 aliphatic heterocycles. The molecule has 1 unspecified atom stereocenters. The summed E-state index contributed by atoms with van der Waals surface area (Å²) >= 11 is 0. The standard InChI is InChI=1S/C10H20O/c1-4-6-7-8-9-10(5-2)11-3/h5,10H,2,4,6-9H2,1,3H3. The van der Waals surface area contributed by atoms with Crippen LogP contribution in [0.2, 0.25) is 0 Å². The zero-order valence-corrected chi connectivity index (χ0v) is 7.81. The normalized spacial score (nSPS) is 12.9. The van der Waals surface area contributed by atoms with E-state index in [9.17, 15) is 0 Å². The van der Waals surface area contributed by atoms with Gasteiger partial charge in [-0.25, -0.2) is 0 Å². The third kappa shape index (κ3) is 6.11. The van der Waals surface area contributed by atoms with Gasteiger partial charge in [-0.05, 0) is 6.42 Å². The molecule has 1 nitrogen and oxygen atoms in total. The minimum absolute atomic E-state index is 0.270. The molecule has 11 heavy (non-hydrogen) atoms. The second-order valence-corrected chi connectivity index (χ2v) is 2.86. The zero-order valence-electron chi connectivity index (χ0n) is 7.81. The largest absolute Gasteiger partial charge is 0.377 e. The molecular weight excluding hydrogens is 136 g/mol. The SMILES string of the molecule is C=CC(CCCCCC)OC. The summed E-state index contributed by atoms with van der Waals surface area (Å²) in [7, 11) is 1.74. The van der Waals surface area contributed by atoms with Crippen molar-refractivity contribution in [3.05, 3.63) is 12.7 Å². The maximum atomic E-state index is 5.16. The van der Waals surface area contributed by atoms with Crippen LogP contribution in [0.5, 0.6) is 0 Å². The smallest absolute Gasteiger partial charge is 0.0749 e. The van der Waals surface area contributed by atoms with Crippen molar-refractivity contribution < 1.29 is 4.74 Å². The molecule has 0 aliphatic carbocycles. The average molecular weight is 156 g/mol. The number of unbranched alkanes of at least 4 members (excludes halogenated alkanes) is 3. The van der Waals surface area contributed by atoms with Crippen LogP contribution in [0.3, 0.4) is 0 Å². The second-order valence-electron chi connectivity index (χ2n) is 2.86. The van der Waals surface area contributed by atoms with E-state index in [1.54, 1.807) is 7.11 Å². The van der Waals surface area contributed by atoms with Crippen LogP contribution in [0.4, 0.5) is 0 Å². The molecule has 0 saturated carbocycles. The highest BCUT2D eigenvalue weighted by Crippen LogP contribution is 2.07. The minimum atomic E-state index is 0.270. The van der Waals surface area contributed by atoms with Gasteiger partial charge in [-0.15, -0.1) is 6.58 Å². The van der Waals surface area contributed by atoms with E-state index in [1.165, 1.54) is 25.7 Å². The highest BCUT2D eigenvalue weighted by atomic mass is 16.5. The second kappa shape index (κ2) is 7.80. The van der Waals surface area contributed by atoms with Gasteiger partial charge in [-0.3, -0.25) is 0 Å². The zero-order chi connectivity index (χ0) is 8.53. The number of rotatable bonds is 7. The first-order chi connectivity index (χ1) is 5.35. The lowest BCUT2D eigenvalue weighted by atomic mass is 10.1. The molecular formula is C10H20O. The summed E-state index contributed by atoms with van der Waals surface area (Å²) in [6, 6.07) is 0. The summed E-state index contributed by atoms with van der Waals surface area (Å²) in [4.78, 5) is 0. The molecule has 0 fully saturated rings. The fourth-order valence-electron chi connectivity index (χ4n) is 1.10. The Labute approximate surface area is 70.4 Å². The molecule has 0 saturated heterocycles. The molecule has 0 amide bonds. The Hall–Kier alpha value is -0.300. The number of ether oxygens (including phenoxy) is 1. The fraction of sp³-hybridized carbons (Fsp3) is 0.800. The van der Waals surface area contributed by atoms with E-state index in [1.807, 2.05) is 6.08 Å². The van der Waals surface area contributed by atoms with Crippen LogP contribution in [0, 0.1) is 0 Å². The molecule has 1 atom stereocenters. The Kier molecular flexibility index (Phi) is 7.59. The van der Waals surface area contributed by atoms with Crippen molar-refractivity contribution in [1.82, 2.24) is 0 Å². The van der Waals surface area contributed by atoms with Crippen LogP contribution in [0.15, 0.2) is 12.7 Å². The molecule has 66 valence electrons. The highest BCUT2D eigenvalue weighted by molar-refractivity contribution is 4.78. The predicted molar refractivity (Wildman–Crippen MR) is 49.8 cm³/mol. The highest BCUT2D eigenvalue weighted by Gasteiger charge is 1.99. The molecule has 0 N–H and O–H groups in total. The Morgan fingerprint density at radius 2 is 2.09 bits per heavy atom. The van der Waals surface area contributed by atoms with Gasteiger partial charge in [0, 0.05) is 7.11 Å². The lowest BCUT2D eigenvalue weighted by Crippen LogP contribution is -2.05. The molecule has 0 radical (unpaired) electrons. The molecule has 0 spiro atoms. The lowest BCUT2D eigenvalue weighted by Gasteiger charge is -2.08. The van der Waals surface area contributed by atoms with Crippen molar-refractivity contribution in [1.29, 1.82) is 0 Å². The fourth-order valence-corrected chi connectivity index (χ4v) is 1.10. The van der Waals surface area contributed by atoms with Crippen molar-refractivity contribution >= 4 is 0 Å². The Morgan fingerprint density at radius 1 is 1.36 bits per heavy atom. The maximum Gasteiger partial charge on any atom is 0.0749 e. The van der Waals surface area contributed by atoms with Crippen LogP contribution in [0.25, 0.3) is 0 Å². The first-order valence-electron chi connectivity index (χ1n) is 4.50. The van der Waals surface area contributed by atoms with Crippen molar-refractivity contribution in [3.8, 4) is 0 Å². The van der Waals surface area contributed by atoms with Gasteiger partial charge in [0.25, 0.3) is 0 Å². The first-order valence-corrected chi connectivity index (χ1v) is 4.50. The van der Waals surface area contributed by atoms with Gasteiger partial charge in [0.1, 0.15) is 0 Å². The number of hydrogen-bond donors (Lipinski definition) is 0. The maximum absolute atomic E-state index is 5.16. The van der Waals surface area contributed by atoms with Gasteiger partial charge in [-0.2, -0.15) is 0 Å². The summed E-state index contributed by atoms with van der Waals surface area (Å²) in [6.07, 6.45) is 8.50. The molecule has 0 rings (SSSR count). The lowest BCUT2D eigenvalue weighted by molar-refractivity contribution is 0.131. The average Bonchev–Trinajstić information content (AvgIpc) is 2.05. The Bertz CT molecular complexity index is 88.9. The van der Waals surface area contributed by atoms with E-state index in [2.05, 4.69) is 13.5 Å². The third-order valence-corrected chi connectivity index (χ3v) is 1.91. The van der Waals surface area contributed by atoms with Crippen LogP contribution < -0.4 is 0 Å². The summed E-state index contributed by atoms with van der Waals surface area (Å²) in [6.45, 7) is 5.93. The molecule has 0 aromatic rings. The van der Waals surface area contributed by atoms with Crippen molar-refractivity contribution in [2.45, 2.75) is 45.1 Å². The van der Waals surface area contributed by atoms with Gasteiger partial charge in [-0.1, -0.05) is 38.7 Å². The monoisotopic (exact) mass is 156 g/mol. The van der Waals surface area contributed by atoms with Gasteiger partial charge in [0.15, 0.2) is 0 Å². The van der Waals surface area contributed by atoms with E-state index in [4.69, 9.17) is 4.74 Å². The number of methoxy groups -OCH3 is 1. The summed E-state index contributed by atoms with van der Waals surface area (Å²) in [5.41, 5.74) is 0. The Morgan fingerprint density at radius 3 is 2.55 bits per heavy atom. The van der Waals surface area contributed by atoms with Crippen LogP contribution in [-0.4, -0.2) is 13.2 Å². The minimum Gasteiger partial charge on any atom is -0.377 e. The van der Waals surface area contributed by atoms with Crippen molar-refractivity contribution in [2.24, 2.45) is 0 Å².